The zero-order chi connectivity index (χ0) is 18.9. The van der Waals surface area contributed by atoms with E-state index in [0.29, 0.717) is 50.9 Å². The molecule has 0 N–H and O–H groups in total. The van der Waals surface area contributed by atoms with Crippen LogP contribution in [-0.4, -0.2) is 24.4 Å². The topological polar surface area (TPSA) is 18.5 Å². The zero-order valence-electron chi connectivity index (χ0n) is 15.7. The molecule has 0 radical (unpaired) electrons. The summed E-state index contributed by atoms with van der Waals surface area (Å²) in [6.07, 6.45) is -0.456. The van der Waals surface area contributed by atoms with Crippen molar-refractivity contribution in [1.29, 1.82) is 0 Å². The van der Waals surface area contributed by atoms with Crippen molar-refractivity contribution in [3.05, 3.63) is 11.6 Å². The molecule has 1 heterocycles. The Morgan fingerprint density at radius 1 is 1.04 bits per heavy atom. The maximum Gasteiger partial charge on any atom is 0.379 e. The summed E-state index contributed by atoms with van der Waals surface area (Å²) in [5.74, 6) is -0.192. The highest BCUT2D eigenvalue weighted by molar-refractivity contribution is 5.10. The number of hydrogen-bond acceptors (Lipinski definition) is 2. The molecule has 26 heavy (non-hydrogen) atoms. The molecule has 2 nitrogen and oxygen atoms in total. The summed E-state index contributed by atoms with van der Waals surface area (Å²) in [5, 5.41) is 0. The molecule has 3 aliphatic rings. The molecule has 0 bridgehead atoms. The van der Waals surface area contributed by atoms with E-state index in [0.717, 1.165) is 12.8 Å². The van der Waals surface area contributed by atoms with Crippen molar-refractivity contribution >= 4 is 0 Å². The van der Waals surface area contributed by atoms with E-state index < -0.39 is 30.3 Å². The van der Waals surface area contributed by atoms with Gasteiger partial charge in [-0.2, -0.15) is 17.6 Å². The normalized spacial score (nSPS) is 38.7. The summed E-state index contributed by atoms with van der Waals surface area (Å²) >= 11 is 0. The smallest absolute Gasteiger partial charge is 0.317 e. The highest BCUT2D eigenvalue weighted by atomic mass is 19.3. The van der Waals surface area contributed by atoms with E-state index in [1.165, 1.54) is 13.0 Å². The maximum absolute atomic E-state index is 14.5. The van der Waals surface area contributed by atoms with Crippen molar-refractivity contribution in [2.75, 3.05) is 0 Å². The maximum atomic E-state index is 14.5. The molecule has 0 spiro atoms. The number of hydrogen-bond donors (Lipinski definition) is 0. The van der Waals surface area contributed by atoms with E-state index in [4.69, 9.17) is 9.47 Å². The van der Waals surface area contributed by atoms with Gasteiger partial charge < -0.3 is 9.47 Å². The molecule has 2 saturated carbocycles. The molecule has 0 aromatic heterocycles. The van der Waals surface area contributed by atoms with Crippen molar-refractivity contribution in [2.45, 2.75) is 96.1 Å². The molecule has 1 atom stereocenters. The summed E-state index contributed by atoms with van der Waals surface area (Å²) in [4.78, 5) is 0. The molecule has 1 aliphatic heterocycles. The Kier molecular flexibility index (Phi) is 6.02. The Morgan fingerprint density at radius 3 is 2.23 bits per heavy atom. The molecule has 0 amide bonds. The second-order valence-electron chi connectivity index (χ2n) is 8.47. The average molecular weight is 378 g/mol. The van der Waals surface area contributed by atoms with Crippen LogP contribution in [0.4, 0.5) is 17.6 Å². The molecule has 0 aromatic carbocycles. The van der Waals surface area contributed by atoms with Crippen LogP contribution in [0.1, 0.15) is 71.6 Å². The van der Waals surface area contributed by atoms with Crippen LogP contribution >= 0.6 is 0 Å². The summed E-state index contributed by atoms with van der Waals surface area (Å²) in [5.41, 5.74) is -0.0489. The van der Waals surface area contributed by atoms with Gasteiger partial charge in [-0.15, -0.1) is 0 Å². The van der Waals surface area contributed by atoms with Gasteiger partial charge in [-0.3, -0.25) is 0 Å². The second-order valence-corrected chi connectivity index (χ2v) is 8.47. The second kappa shape index (κ2) is 7.78. The molecule has 0 aromatic rings. The fraction of sp³-hybridized carbons (Fsp3) is 0.900. The zero-order valence-corrected chi connectivity index (χ0v) is 15.7. The van der Waals surface area contributed by atoms with Gasteiger partial charge in [0.05, 0.1) is 18.1 Å². The Morgan fingerprint density at radius 2 is 1.65 bits per heavy atom. The van der Waals surface area contributed by atoms with Crippen LogP contribution in [0.3, 0.4) is 0 Å². The monoisotopic (exact) mass is 378 g/mol. The van der Waals surface area contributed by atoms with Crippen LogP contribution in [0.2, 0.25) is 0 Å². The summed E-state index contributed by atoms with van der Waals surface area (Å²) in [6.45, 7) is 3.47. The third-order valence-electron chi connectivity index (χ3n) is 6.47. The Hall–Kier alpha value is -0.620. The summed E-state index contributed by atoms with van der Waals surface area (Å²) < 4.78 is 66.6. The number of ether oxygens (including phenoxy) is 2. The third-order valence-corrected chi connectivity index (χ3v) is 6.47. The number of rotatable bonds is 4. The Labute approximate surface area is 153 Å². The Balaban J connectivity index is 1.48. The molecule has 0 saturated heterocycles. The standard InChI is InChI=1S/C20H30F4O2/c1-13-3-8-16(9-4-13)20(23,24)25-17-10-6-15(7-11-17)18-12-5-14(2)19(21,22)26-18/h5,13,15-18H,3-4,6-12H2,1-2H3. The van der Waals surface area contributed by atoms with E-state index in [1.54, 1.807) is 0 Å². The minimum atomic E-state index is -3.21. The largest absolute Gasteiger partial charge is 0.379 e. The van der Waals surface area contributed by atoms with Gasteiger partial charge >= 0.3 is 12.2 Å². The van der Waals surface area contributed by atoms with Gasteiger partial charge in [0.1, 0.15) is 0 Å². The molecule has 6 heteroatoms. The predicted molar refractivity (Wildman–Crippen MR) is 91.1 cm³/mol. The van der Waals surface area contributed by atoms with Gasteiger partial charge in [-0.25, -0.2) is 0 Å². The quantitative estimate of drug-likeness (QED) is 0.422. The van der Waals surface area contributed by atoms with Gasteiger partial charge in [0.2, 0.25) is 0 Å². The number of alkyl halides is 4. The average Bonchev–Trinajstić information content (AvgIpc) is 2.58. The first-order valence-electron chi connectivity index (χ1n) is 9.96. The molecule has 3 rings (SSSR count). The van der Waals surface area contributed by atoms with Crippen LogP contribution < -0.4 is 0 Å². The molecular weight excluding hydrogens is 348 g/mol. The van der Waals surface area contributed by atoms with E-state index in [2.05, 4.69) is 6.92 Å². The molecular formula is C20H30F4O2. The van der Waals surface area contributed by atoms with Gasteiger partial charge in [-0.1, -0.05) is 25.8 Å². The van der Waals surface area contributed by atoms with Crippen molar-refractivity contribution in [3.8, 4) is 0 Å². The van der Waals surface area contributed by atoms with E-state index in [-0.39, 0.29) is 11.5 Å². The van der Waals surface area contributed by atoms with Gasteiger partial charge in [0, 0.05) is 5.57 Å². The van der Waals surface area contributed by atoms with Crippen LogP contribution in [0, 0.1) is 17.8 Å². The van der Waals surface area contributed by atoms with Crippen LogP contribution in [0.5, 0.6) is 0 Å². The van der Waals surface area contributed by atoms with Crippen LogP contribution in [0.25, 0.3) is 0 Å². The van der Waals surface area contributed by atoms with Gasteiger partial charge in [-0.05, 0) is 63.7 Å². The van der Waals surface area contributed by atoms with Crippen LogP contribution in [-0.2, 0) is 9.47 Å². The first-order valence-corrected chi connectivity index (χ1v) is 9.96. The van der Waals surface area contributed by atoms with Crippen molar-refractivity contribution in [2.24, 2.45) is 17.8 Å². The fourth-order valence-electron chi connectivity index (χ4n) is 4.52. The SMILES string of the molecule is CC1=CCC(C2CCC(OC(F)(F)C3CCC(C)CC3)CC2)OC1(F)F. The predicted octanol–water partition coefficient (Wildman–Crippen LogP) is 6.31. The Bertz CT molecular complexity index is 504. The minimum Gasteiger partial charge on any atom is -0.317 e. The van der Waals surface area contributed by atoms with Crippen molar-refractivity contribution < 1.29 is 27.0 Å². The molecule has 1 unspecified atom stereocenters. The van der Waals surface area contributed by atoms with E-state index >= 15 is 0 Å². The lowest BCUT2D eigenvalue weighted by Crippen LogP contribution is -2.41. The summed E-state index contributed by atoms with van der Waals surface area (Å²) in [6, 6.07) is 0. The molecule has 2 aliphatic carbocycles. The third kappa shape index (κ3) is 4.61. The van der Waals surface area contributed by atoms with E-state index in [9.17, 15) is 17.6 Å². The first-order chi connectivity index (χ1) is 12.2. The lowest BCUT2D eigenvalue weighted by molar-refractivity contribution is -0.303. The first kappa shape index (κ1) is 20.1. The molecule has 2 fully saturated rings. The van der Waals surface area contributed by atoms with E-state index in [1.807, 2.05) is 0 Å². The van der Waals surface area contributed by atoms with Crippen molar-refractivity contribution in [1.82, 2.24) is 0 Å². The molecule has 150 valence electrons. The highest BCUT2D eigenvalue weighted by Gasteiger charge is 2.46. The van der Waals surface area contributed by atoms with Crippen LogP contribution in [0.15, 0.2) is 11.6 Å². The highest BCUT2D eigenvalue weighted by Crippen LogP contribution is 2.43. The fourth-order valence-corrected chi connectivity index (χ4v) is 4.52. The van der Waals surface area contributed by atoms with Crippen molar-refractivity contribution in [3.63, 3.8) is 0 Å². The lowest BCUT2D eigenvalue weighted by Gasteiger charge is -2.39. The minimum absolute atomic E-state index is 0.0192. The lowest BCUT2D eigenvalue weighted by atomic mass is 9.81. The van der Waals surface area contributed by atoms with Gasteiger partial charge in [0.15, 0.2) is 0 Å². The number of halogens is 4. The summed E-state index contributed by atoms with van der Waals surface area (Å²) in [7, 11) is 0. The van der Waals surface area contributed by atoms with Gasteiger partial charge in [0.25, 0.3) is 0 Å².